The third-order valence-corrected chi connectivity index (χ3v) is 3.70. The molecule has 11 heteroatoms. The number of hydrogen-bond donors (Lipinski definition) is 2. The zero-order valence-corrected chi connectivity index (χ0v) is 15.6. The highest BCUT2D eigenvalue weighted by molar-refractivity contribution is 5.98. The van der Waals surface area contributed by atoms with Crippen molar-refractivity contribution in [2.75, 3.05) is 25.5 Å². The second kappa shape index (κ2) is 9.72. The summed E-state index contributed by atoms with van der Waals surface area (Å²) in [5.74, 6) is -3.18. The van der Waals surface area contributed by atoms with Gasteiger partial charge in [0.25, 0.3) is 5.91 Å². The quantitative estimate of drug-likeness (QED) is 0.665. The molecule has 0 aliphatic carbocycles. The number of anilines is 1. The molecule has 2 rings (SSSR count). The molecule has 0 unspecified atom stereocenters. The third kappa shape index (κ3) is 7.08. The number of halogens is 4. The average molecular weight is 427 g/mol. The lowest BCUT2D eigenvalue weighted by atomic mass is 10.2. The van der Waals surface area contributed by atoms with E-state index in [-0.39, 0.29) is 17.8 Å². The summed E-state index contributed by atoms with van der Waals surface area (Å²) in [6, 6.07) is 9.71. The predicted molar refractivity (Wildman–Crippen MR) is 98.1 cm³/mol. The minimum Gasteiger partial charge on any atom is -0.406 e. The van der Waals surface area contributed by atoms with Crippen molar-refractivity contribution in [3.63, 3.8) is 0 Å². The fourth-order valence-electron chi connectivity index (χ4n) is 2.28. The van der Waals surface area contributed by atoms with Crippen molar-refractivity contribution in [1.82, 2.24) is 10.2 Å². The van der Waals surface area contributed by atoms with Crippen molar-refractivity contribution in [1.29, 1.82) is 0 Å². The first-order valence-electron chi connectivity index (χ1n) is 8.47. The van der Waals surface area contributed by atoms with Gasteiger partial charge in [-0.2, -0.15) is 0 Å². The molecule has 0 atom stereocenters. The molecule has 0 heterocycles. The van der Waals surface area contributed by atoms with Crippen molar-refractivity contribution in [3.05, 3.63) is 59.9 Å². The van der Waals surface area contributed by atoms with Crippen LogP contribution in [-0.2, 0) is 9.59 Å². The number of likely N-dealkylation sites (N-methyl/N-ethyl adjacent to an activating group) is 1. The highest BCUT2D eigenvalue weighted by Gasteiger charge is 2.31. The van der Waals surface area contributed by atoms with Crippen LogP contribution in [-0.4, -0.2) is 49.1 Å². The highest BCUT2D eigenvalue weighted by atomic mass is 19.4. The lowest BCUT2D eigenvalue weighted by Crippen LogP contribution is -2.41. The first kappa shape index (κ1) is 22.7. The monoisotopic (exact) mass is 427 g/mol. The number of ether oxygens (including phenoxy) is 1. The Labute approximate surface area is 168 Å². The summed E-state index contributed by atoms with van der Waals surface area (Å²) in [5, 5.41) is 4.67. The Bertz CT molecular complexity index is 917. The van der Waals surface area contributed by atoms with Crippen molar-refractivity contribution in [2.24, 2.45) is 0 Å². The standard InChI is InChI=1S/C19H17F4N3O4/c1-26(17(28)10-24-18(29)14-4-2-3-5-15(14)20)11-16(27)25-12-6-8-13(9-7-12)30-19(21,22)23/h2-9H,10-11H2,1H3,(H,24,29)(H,25,27). The summed E-state index contributed by atoms with van der Waals surface area (Å²) in [6.45, 7) is -0.838. The van der Waals surface area contributed by atoms with Gasteiger partial charge >= 0.3 is 6.36 Å². The number of carbonyl (C=O) groups is 3. The van der Waals surface area contributed by atoms with Crippen molar-refractivity contribution < 1.29 is 36.7 Å². The molecule has 2 N–H and O–H groups in total. The highest BCUT2D eigenvalue weighted by Crippen LogP contribution is 2.23. The van der Waals surface area contributed by atoms with Gasteiger partial charge in [0.1, 0.15) is 11.6 Å². The fraction of sp³-hybridized carbons (Fsp3) is 0.211. The van der Waals surface area contributed by atoms with E-state index in [1.54, 1.807) is 0 Å². The zero-order chi connectivity index (χ0) is 22.3. The van der Waals surface area contributed by atoms with Gasteiger partial charge in [-0.3, -0.25) is 14.4 Å². The molecule has 0 fully saturated rings. The molecule has 0 radical (unpaired) electrons. The van der Waals surface area contributed by atoms with E-state index in [4.69, 9.17) is 0 Å². The van der Waals surface area contributed by atoms with Crippen molar-refractivity contribution in [2.45, 2.75) is 6.36 Å². The number of nitrogens with zero attached hydrogens (tertiary/aromatic N) is 1. The summed E-state index contributed by atoms with van der Waals surface area (Å²) in [5.41, 5.74) is -0.0214. The smallest absolute Gasteiger partial charge is 0.406 e. The molecule has 30 heavy (non-hydrogen) atoms. The maximum absolute atomic E-state index is 13.5. The third-order valence-electron chi connectivity index (χ3n) is 3.70. The van der Waals surface area contributed by atoms with Crippen LogP contribution < -0.4 is 15.4 Å². The Kier molecular flexibility index (Phi) is 7.34. The van der Waals surface area contributed by atoms with Crippen LogP contribution in [0.2, 0.25) is 0 Å². The second-order valence-electron chi connectivity index (χ2n) is 6.03. The van der Waals surface area contributed by atoms with Crippen molar-refractivity contribution in [3.8, 4) is 5.75 Å². The molecule has 0 bridgehead atoms. The minimum atomic E-state index is -4.82. The summed E-state index contributed by atoms with van der Waals surface area (Å²) in [6.07, 6.45) is -4.82. The van der Waals surface area contributed by atoms with Gasteiger partial charge in [-0.15, -0.1) is 13.2 Å². The van der Waals surface area contributed by atoms with Gasteiger partial charge in [0.2, 0.25) is 11.8 Å². The molecule has 7 nitrogen and oxygen atoms in total. The predicted octanol–water partition coefficient (Wildman–Crippen LogP) is 2.55. The molecule has 0 saturated heterocycles. The van der Waals surface area contributed by atoms with Crippen LogP contribution in [0.3, 0.4) is 0 Å². The summed E-state index contributed by atoms with van der Waals surface area (Å²) < 4.78 is 53.6. The fourth-order valence-corrected chi connectivity index (χ4v) is 2.28. The first-order valence-corrected chi connectivity index (χ1v) is 8.47. The number of nitrogens with one attached hydrogen (secondary N) is 2. The molecule has 3 amide bonds. The van der Waals surface area contributed by atoms with Gasteiger partial charge in [-0.25, -0.2) is 4.39 Å². The molecule has 2 aromatic rings. The van der Waals surface area contributed by atoms with Crippen LogP contribution >= 0.6 is 0 Å². The summed E-state index contributed by atoms with van der Waals surface area (Å²) >= 11 is 0. The van der Waals surface area contributed by atoms with Crippen LogP contribution in [0, 0.1) is 5.82 Å². The van der Waals surface area contributed by atoms with E-state index in [1.165, 1.54) is 37.4 Å². The number of alkyl halides is 3. The van der Waals surface area contributed by atoms with E-state index in [0.29, 0.717) is 0 Å². The maximum Gasteiger partial charge on any atom is 0.573 e. The van der Waals surface area contributed by atoms with Gasteiger partial charge in [0, 0.05) is 12.7 Å². The summed E-state index contributed by atoms with van der Waals surface area (Å²) in [4.78, 5) is 37.0. The number of benzene rings is 2. The molecule has 2 aromatic carbocycles. The van der Waals surface area contributed by atoms with Crippen LogP contribution in [0.4, 0.5) is 23.2 Å². The SMILES string of the molecule is CN(CC(=O)Nc1ccc(OC(F)(F)F)cc1)C(=O)CNC(=O)c1ccccc1F. The van der Waals surface area contributed by atoms with E-state index < -0.39 is 42.2 Å². The van der Waals surface area contributed by atoms with Gasteiger partial charge in [0.15, 0.2) is 0 Å². The second-order valence-corrected chi connectivity index (χ2v) is 6.03. The van der Waals surface area contributed by atoms with Crippen LogP contribution in [0.25, 0.3) is 0 Å². The Hall–Kier alpha value is -3.63. The van der Waals surface area contributed by atoms with Gasteiger partial charge in [-0.1, -0.05) is 12.1 Å². The van der Waals surface area contributed by atoms with E-state index in [2.05, 4.69) is 15.4 Å². The van der Waals surface area contributed by atoms with Crippen LogP contribution in [0.1, 0.15) is 10.4 Å². The maximum atomic E-state index is 13.5. The molecule has 0 aromatic heterocycles. The Morgan fingerprint density at radius 1 is 1.03 bits per heavy atom. The molecule has 0 aliphatic heterocycles. The number of hydrogen-bond acceptors (Lipinski definition) is 4. The average Bonchev–Trinajstić information content (AvgIpc) is 2.66. The van der Waals surface area contributed by atoms with E-state index >= 15 is 0 Å². The first-order chi connectivity index (χ1) is 14.0. The zero-order valence-electron chi connectivity index (χ0n) is 15.6. The van der Waals surface area contributed by atoms with Gasteiger partial charge in [0.05, 0.1) is 18.7 Å². The summed E-state index contributed by atoms with van der Waals surface area (Å²) in [7, 11) is 1.32. The Morgan fingerprint density at radius 2 is 1.67 bits per heavy atom. The molecule has 160 valence electrons. The molecule has 0 aliphatic rings. The lowest BCUT2D eigenvalue weighted by molar-refractivity contribution is -0.274. The number of rotatable bonds is 7. The van der Waals surface area contributed by atoms with Crippen molar-refractivity contribution >= 4 is 23.4 Å². The van der Waals surface area contributed by atoms with Crippen LogP contribution in [0.5, 0.6) is 5.75 Å². The van der Waals surface area contributed by atoms with E-state index in [1.807, 2.05) is 0 Å². The lowest BCUT2D eigenvalue weighted by Gasteiger charge is -2.17. The molecule has 0 spiro atoms. The molecular formula is C19H17F4N3O4. The Morgan fingerprint density at radius 3 is 2.27 bits per heavy atom. The Balaban J connectivity index is 1.81. The van der Waals surface area contributed by atoms with E-state index in [9.17, 15) is 31.9 Å². The van der Waals surface area contributed by atoms with Gasteiger partial charge in [-0.05, 0) is 36.4 Å². The number of carbonyl (C=O) groups excluding carboxylic acids is 3. The van der Waals surface area contributed by atoms with Crippen LogP contribution in [0.15, 0.2) is 48.5 Å². The minimum absolute atomic E-state index is 0.197. The van der Waals surface area contributed by atoms with E-state index in [0.717, 1.165) is 23.1 Å². The molecular weight excluding hydrogens is 410 g/mol. The molecule has 0 saturated carbocycles. The number of amides is 3. The largest absolute Gasteiger partial charge is 0.573 e. The van der Waals surface area contributed by atoms with Gasteiger partial charge < -0.3 is 20.3 Å². The normalized spacial score (nSPS) is 10.8. The topological polar surface area (TPSA) is 87.7 Å².